The highest BCUT2D eigenvalue weighted by atomic mass is 35.5. The minimum Gasteiger partial charge on any atom is -0.493 e. The molecule has 0 saturated heterocycles. The number of carbonyl (C=O) groups is 2. The normalized spacial score (nSPS) is 11.8. The van der Waals surface area contributed by atoms with Gasteiger partial charge >= 0.3 is 0 Å². The van der Waals surface area contributed by atoms with Crippen molar-refractivity contribution in [1.82, 2.24) is 14.9 Å². The number of aryl methyl sites for hydroxylation is 1. The summed E-state index contributed by atoms with van der Waals surface area (Å²) in [4.78, 5) is 29.8. The maximum Gasteiger partial charge on any atom is 0.247 e. The summed E-state index contributed by atoms with van der Waals surface area (Å²) in [5.41, 5.74) is 3.25. The molecule has 2 amide bonds. The molecule has 4 aromatic carbocycles. The van der Waals surface area contributed by atoms with Crippen molar-refractivity contribution < 1.29 is 27.5 Å². The van der Waals surface area contributed by atoms with Gasteiger partial charge in [0.15, 0.2) is 11.5 Å². The van der Waals surface area contributed by atoms with Crippen molar-refractivity contribution in [3.05, 3.63) is 124 Å². The fraction of sp³-hybridized carbons (Fsp3) is 0.278. The van der Waals surface area contributed by atoms with Gasteiger partial charge in [0, 0.05) is 31.1 Å². The molecule has 0 saturated carbocycles. The Hall–Kier alpha value is -4.38. The Balaban J connectivity index is 1.56. The molecule has 11 heteroatoms. The average molecular weight is 678 g/mol. The number of ether oxygens (including phenoxy) is 2. The molecule has 47 heavy (non-hydrogen) atoms. The zero-order chi connectivity index (χ0) is 33.8. The summed E-state index contributed by atoms with van der Waals surface area (Å²) in [5, 5.41) is 3.61. The van der Waals surface area contributed by atoms with Crippen LogP contribution in [0.2, 0.25) is 5.02 Å². The highest BCUT2D eigenvalue weighted by Gasteiger charge is 2.31. The standard InChI is InChI=1S/C36H40ClN3O6S/c1-4-39-47(43,44)31-18-12-26(13-19-31)15-21-34(41)40(25-28-10-16-30(37)17-11-28)35(29-8-6-5-7-9-29)36(42)38-23-22-27-14-20-32(45-2)33(24-27)46-3/h5-14,16-20,24,35,39H,4,15,21-23,25H2,1-3H3,(H,38,42). The molecule has 248 valence electrons. The number of carbonyl (C=O) groups excluding carboxylic acids is 2. The van der Waals surface area contributed by atoms with Crippen LogP contribution in [0.4, 0.5) is 0 Å². The van der Waals surface area contributed by atoms with Gasteiger partial charge < -0.3 is 19.7 Å². The first kappa shape index (κ1) is 35.5. The van der Waals surface area contributed by atoms with Gasteiger partial charge in [0.25, 0.3) is 0 Å². The predicted molar refractivity (Wildman–Crippen MR) is 183 cm³/mol. The van der Waals surface area contributed by atoms with Crippen molar-refractivity contribution >= 4 is 33.4 Å². The third-order valence-electron chi connectivity index (χ3n) is 7.62. The molecular formula is C36H40ClN3O6S. The molecule has 4 rings (SSSR count). The molecular weight excluding hydrogens is 638 g/mol. The molecule has 4 aromatic rings. The van der Waals surface area contributed by atoms with Gasteiger partial charge in [-0.25, -0.2) is 13.1 Å². The number of benzene rings is 4. The Morgan fingerprint density at radius 1 is 0.809 bits per heavy atom. The summed E-state index contributed by atoms with van der Waals surface area (Å²) < 4.78 is 37.9. The molecule has 1 atom stereocenters. The van der Waals surface area contributed by atoms with Crippen LogP contribution in [0.5, 0.6) is 11.5 Å². The van der Waals surface area contributed by atoms with Gasteiger partial charge in [-0.15, -0.1) is 0 Å². The van der Waals surface area contributed by atoms with E-state index in [-0.39, 0.29) is 36.2 Å². The van der Waals surface area contributed by atoms with Gasteiger partial charge in [0.2, 0.25) is 21.8 Å². The van der Waals surface area contributed by atoms with Crippen molar-refractivity contribution in [3.8, 4) is 11.5 Å². The number of nitrogens with zero attached hydrogens (tertiary/aromatic N) is 1. The number of hydrogen-bond donors (Lipinski definition) is 2. The van der Waals surface area contributed by atoms with Crippen molar-refractivity contribution in [2.24, 2.45) is 0 Å². The molecule has 0 radical (unpaired) electrons. The van der Waals surface area contributed by atoms with E-state index in [1.165, 1.54) is 12.1 Å². The van der Waals surface area contributed by atoms with E-state index < -0.39 is 16.1 Å². The van der Waals surface area contributed by atoms with E-state index in [2.05, 4.69) is 10.0 Å². The third-order valence-corrected chi connectivity index (χ3v) is 9.43. The van der Waals surface area contributed by atoms with Crippen LogP contribution in [0.15, 0.2) is 102 Å². The van der Waals surface area contributed by atoms with Crippen LogP contribution in [0.25, 0.3) is 0 Å². The first-order chi connectivity index (χ1) is 22.6. The monoisotopic (exact) mass is 677 g/mol. The Labute approximate surface area is 281 Å². The summed E-state index contributed by atoms with van der Waals surface area (Å²) in [5.74, 6) is 0.688. The summed E-state index contributed by atoms with van der Waals surface area (Å²) in [7, 11) is -0.434. The number of methoxy groups -OCH3 is 2. The van der Waals surface area contributed by atoms with Crippen LogP contribution < -0.4 is 19.5 Å². The SMILES string of the molecule is CCNS(=O)(=O)c1ccc(CCC(=O)N(Cc2ccc(Cl)cc2)C(C(=O)NCCc2ccc(OC)c(OC)c2)c2ccccc2)cc1. The van der Waals surface area contributed by atoms with E-state index in [1.807, 2.05) is 60.7 Å². The van der Waals surface area contributed by atoms with Gasteiger partial charge in [-0.3, -0.25) is 9.59 Å². The minimum atomic E-state index is -3.58. The lowest BCUT2D eigenvalue weighted by Gasteiger charge is -2.32. The predicted octanol–water partition coefficient (Wildman–Crippen LogP) is 5.72. The molecule has 0 aliphatic heterocycles. The Bertz CT molecular complexity index is 1730. The lowest BCUT2D eigenvalue weighted by molar-refractivity contribution is -0.141. The average Bonchev–Trinajstić information content (AvgIpc) is 3.08. The smallest absolute Gasteiger partial charge is 0.247 e. The summed E-state index contributed by atoms with van der Waals surface area (Å²) in [6.07, 6.45) is 1.01. The Morgan fingerprint density at radius 2 is 1.45 bits per heavy atom. The number of sulfonamides is 1. The highest BCUT2D eigenvalue weighted by Crippen LogP contribution is 2.28. The topological polar surface area (TPSA) is 114 Å². The second-order valence-corrected chi connectivity index (χ2v) is 13.0. The molecule has 0 aromatic heterocycles. The Morgan fingerprint density at radius 3 is 2.09 bits per heavy atom. The fourth-order valence-electron chi connectivity index (χ4n) is 5.18. The van der Waals surface area contributed by atoms with Crippen molar-refractivity contribution in [1.29, 1.82) is 0 Å². The van der Waals surface area contributed by atoms with Gasteiger partial charge in [0.05, 0.1) is 19.1 Å². The lowest BCUT2D eigenvalue weighted by Crippen LogP contribution is -2.44. The van der Waals surface area contributed by atoms with E-state index >= 15 is 0 Å². The third kappa shape index (κ3) is 9.81. The van der Waals surface area contributed by atoms with Gasteiger partial charge in [0.1, 0.15) is 6.04 Å². The summed E-state index contributed by atoms with van der Waals surface area (Å²) >= 11 is 6.14. The first-order valence-corrected chi connectivity index (χ1v) is 17.2. The fourth-order valence-corrected chi connectivity index (χ4v) is 6.35. The van der Waals surface area contributed by atoms with Crippen molar-refractivity contribution in [3.63, 3.8) is 0 Å². The second kappa shape index (κ2) is 17.0. The molecule has 1 unspecified atom stereocenters. The molecule has 9 nitrogen and oxygen atoms in total. The van der Waals surface area contributed by atoms with Crippen LogP contribution >= 0.6 is 11.6 Å². The zero-order valence-corrected chi connectivity index (χ0v) is 28.3. The van der Waals surface area contributed by atoms with Crippen LogP contribution in [-0.2, 0) is 39.0 Å². The van der Waals surface area contributed by atoms with E-state index in [0.717, 1.165) is 16.7 Å². The summed E-state index contributed by atoms with van der Waals surface area (Å²) in [6, 6.07) is 27.6. The van der Waals surface area contributed by atoms with Crippen LogP contribution in [0.1, 0.15) is 41.6 Å². The quantitative estimate of drug-likeness (QED) is 0.157. The zero-order valence-electron chi connectivity index (χ0n) is 26.7. The van der Waals surface area contributed by atoms with E-state index in [4.69, 9.17) is 21.1 Å². The highest BCUT2D eigenvalue weighted by molar-refractivity contribution is 7.89. The largest absolute Gasteiger partial charge is 0.493 e. The number of nitrogens with one attached hydrogen (secondary N) is 2. The van der Waals surface area contributed by atoms with Gasteiger partial charge in [-0.2, -0.15) is 0 Å². The molecule has 0 spiro atoms. The van der Waals surface area contributed by atoms with E-state index in [9.17, 15) is 18.0 Å². The molecule has 0 aliphatic rings. The number of rotatable bonds is 16. The van der Waals surface area contributed by atoms with E-state index in [1.54, 1.807) is 50.3 Å². The maximum atomic E-state index is 14.0. The molecule has 0 heterocycles. The number of halogens is 1. The molecule has 0 aliphatic carbocycles. The second-order valence-electron chi connectivity index (χ2n) is 10.8. The van der Waals surface area contributed by atoms with Crippen LogP contribution in [0, 0.1) is 0 Å². The van der Waals surface area contributed by atoms with E-state index in [0.29, 0.717) is 41.5 Å². The number of hydrogen-bond acceptors (Lipinski definition) is 6. The van der Waals surface area contributed by atoms with Crippen LogP contribution in [-0.4, -0.2) is 52.4 Å². The van der Waals surface area contributed by atoms with Crippen LogP contribution in [0.3, 0.4) is 0 Å². The first-order valence-electron chi connectivity index (χ1n) is 15.3. The molecule has 2 N–H and O–H groups in total. The van der Waals surface area contributed by atoms with Gasteiger partial charge in [-0.1, -0.05) is 79.2 Å². The number of amides is 2. The van der Waals surface area contributed by atoms with Crippen molar-refractivity contribution in [2.75, 3.05) is 27.3 Å². The molecule has 0 bridgehead atoms. The maximum absolute atomic E-state index is 14.0. The summed E-state index contributed by atoms with van der Waals surface area (Å²) in [6.45, 7) is 2.52. The van der Waals surface area contributed by atoms with Crippen molar-refractivity contribution in [2.45, 2.75) is 43.7 Å². The minimum absolute atomic E-state index is 0.106. The Kier molecular flexibility index (Phi) is 12.8. The molecule has 0 fully saturated rings. The van der Waals surface area contributed by atoms with Gasteiger partial charge in [-0.05, 0) is 71.5 Å². The lowest BCUT2D eigenvalue weighted by atomic mass is 10.0.